The minimum absolute atomic E-state index is 0.0844. The Balaban J connectivity index is 1.70. The number of carbonyl (C=O) groups excluding carboxylic acids is 1. The van der Waals surface area contributed by atoms with Crippen LogP contribution in [0.15, 0.2) is 78.9 Å². The number of rotatable bonds is 9. The molecule has 0 saturated carbocycles. The van der Waals surface area contributed by atoms with Crippen molar-refractivity contribution in [2.75, 3.05) is 25.6 Å². The molecule has 5 heteroatoms. The number of halogens is 1. The lowest BCUT2D eigenvalue weighted by atomic mass is 9.88. The van der Waals surface area contributed by atoms with Crippen LogP contribution in [0.1, 0.15) is 23.5 Å². The molecule has 0 fully saturated rings. The smallest absolute Gasteiger partial charge is 0.225 e. The van der Waals surface area contributed by atoms with Crippen LogP contribution in [-0.2, 0) is 9.53 Å². The Morgan fingerprint density at radius 3 is 2.10 bits per heavy atom. The van der Waals surface area contributed by atoms with Crippen molar-refractivity contribution in [3.63, 3.8) is 0 Å². The molecule has 0 aliphatic carbocycles. The molecule has 3 aromatic rings. The second kappa shape index (κ2) is 10.4. The second-order valence-electron chi connectivity index (χ2n) is 6.61. The van der Waals surface area contributed by atoms with Gasteiger partial charge in [0.1, 0.15) is 6.61 Å². The van der Waals surface area contributed by atoms with E-state index < -0.39 is 5.82 Å². The number of amides is 1. The summed E-state index contributed by atoms with van der Waals surface area (Å²) in [6.07, 6.45) is 0.252. The molecule has 0 atom stereocenters. The molecule has 4 nitrogen and oxygen atoms in total. The van der Waals surface area contributed by atoms with Gasteiger partial charge in [-0.25, -0.2) is 4.39 Å². The summed E-state index contributed by atoms with van der Waals surface area (Å²) in [4.78, 5) is 12.7. The molecule has 0 aromatic heterocycles. The van der Waals surface area contributed by atoms with Gasteiger partial charge >= 0.3 is 0 Å². The minimum Gasteiger partial charge on any atom is -0.488 e. The first-order valence-corrected chi connectivity index (χ1v) is 9.48. The highest BCUT2D eigenvalue weighted by molar-refractivity contribution is 5.91. The first-order valence-electron chi connectivity index (χ1n) is 9.48. The zero-order valence-electron chi connectivity index (χ0n) is 16.3. The van der Waals surface area contributed by atoms with Crippen molar-refractivity contribution in [3.05, 3.63) is 95.8 Å². The molecule has 0 spiro atoms. The Morgan fingerprint density at radius 2 is 1.55 bits per heavy atom. The van der Waals surface area contributed by atoms with Crippen molar-refractivity contribution < 1.29 is 18.7 Å². The summed E-state index contributed by atoms with van der Waals surface area (Å²) in [7, 11) is 1.55. The zero-order valence-corrected chi connectivity index (χ0v) is 16.3. The molecule has 0 saturated heterocycles. The van der Waals surface area contributed by atoms with E-state index in [1.165, 1.54) is 12.1 Å². The number of methoxy groups -OCH3 is 1. The molecule has 0 radical (unpaired) electrons. The Labute approximate surface area is 170 Å². The fraction of sp³-hybridized carbons (Fsp3) is 0.208. The van der Waals surface area contributed by atoms with Gasteiger partial charge in [0.25, 0.3) is 0 Å². The summed E-state index contributed by atoms with van der Waals surface area (Å²) in [5.74, 6) is -0.665. The molecule has 1 N–H and O–H groups in total. The van der Waals surface area contributed by atoms with Gasteiger partial charge in [-0.3, -0.25) is 4.79 Å². The van der Waals surface area contributed by atoms with E-state index in [4.69, 9.17) is 9.47 Å². The lowest BCUT2D eigenvalue weighted by Crippen LogP contribution is -2.16. The average Bonchev–Trinajstić information content (AvgIpc) is 2.75. The Kier molecular flexibility index (Phi) is 7.36. The molecule has 3 aromatic carbocycles. The van der Waals surface area contributed by atoms with Gasteiger partial charge in [-0.15, -0.1) is 0 Å². The summed E-state index contributed by atoms with van der Waals surface area (Å²) in [5, 5.41) is 2.79. The topological polar surface area (TPSA) is 47.6 Å². The fourth-order valence-corrected chi connectivity index (χ4v) is 3.13. The van der Waals surface area contributed by atoms with Gasteiger partial charge in [0.2, 0.25) is 5.91 Å². The monoisotopic (exact) mass is 393 g/mol. The van der Waals surface area contributed by atoms with Crippen LogP contribution in [0.3, 0.4) is 0 Å². The van der Waals surface area contributed by atoms with E-state index in [0.29, 0.717) is 12.3 Å². The Hall–Kier alpha value is -3.18. The lowest BCUT2D eigenvalue weighted by Gasteiger charge is -2.18. The van der Waals surface area contributed by atoms with Crippen molar-refractivity contribution in [1.29, 1.82) is 0 Å². The highest BCUT2D eigenvalue weighted by Gasteiger charge is 2.18. The third-order valence-electron chi connectivity index (χ3n) is 4.55. The predicted octanol–water partition coefficient (Wildman–Crippen LogP) is 5.01. The van der Waals surface area contributed by atoms with Crippen LogP contribution in [-0.4, -0.2) is 26.2 Å². The van der Waals surface area contributed by atoms with Crippen LogP contribution in [0.25, 0.3) is 0 Å². The molecule has 0 bridgehead atoms. The maximum absolute atomic E-state index is 14.2. The van der Waals surface area contributed by atoms with Gasteiger partial charge in [0, 0.05) is 31.2 Å². The number of anilines is 1. The van der Waals surface area contributed by atoms with Crippen LogP contribution in [0.4, 0.5) is 10.1 Å². The highest BCUT2D eigenvalue weighted by atomic mass is 19.1. The number of benzene rings is 3. The van der Waals surface area contributed by atoms with Gasteiger partial charge in [-0.05, 0) is 23.3 Å². The zero-order chi connectivity index (χ0) is 20.5. The van der Waals surface area contributed by atoms with E-state index in [-0.39, 0.29) is 30.6 Å². The Morgan fingerprint density at radius 1 is 0.931 bits per heavy atom. The summed E-state index contributed by atoms with van der Waals surface area (Å²) >= 11 is 0. The molecule has 3 rings (SSSR count). The normalized spacial score (nSPS) is 10.7. The van der Waals surface area contributed by atoms with E-state index in [1.54, 1.807) is 13.2 Å². The lowest BCUT2D eigenvalue weighted by molar-refractivity contribution is -0.116. The molecule has 0 aliphatic rings. The van der Waals surface area contributed by atoms with Crippen LogP contribution in [0.5, 0.6) is 5.75 Å². The van der Waals surface area contributed by atoms with Crippen molar-refractivity contribution >= 4 is 11.6 Å². The van der Waals surface area contributed by atoms with Crippen molar-refractivity contribution in [2.24, 2.45) is 0 Å². The largest absolute Gasteiger partial charge is 0.488 e. The molecule has 1 amide bonds. The maximum Gasteiger partial charge on any atom is 0.225 e. The molecule has 29 heavy (non-hydrogen) atoms. The quantitative estimate of drug-likeness (QED) is 0.520. The second-order valence-corrected chi connectivity index (χ2v) is 6.61. The number of nitrogens with one attached hydrogen (secondary N) is 1. The summed E-state index contributed by atoms with van der Waals surface area (Å²) in [6.45, 7) is 0.632. The van der Waals surface area contributed by atoms with E-state index in [2.05, 4.69) is 5.32 Å². The summed E-state index contributed by atoms with van der Waals surface area (Å²) < 4.78 is 24.4. The van der Waals surface area contributed by atoms with E-state index in [9.17, 15) is 9.18 Å². The maximum atomic E-state index is 14.2. The predicted molar refractivity (Wildman–Crippen MR) is 112 cm³/mol. The first kappa shape index (κ1) is 20.6. The SMILES string of the molecule is COCCOc1ccc(NC(=O)CC(c2ccccc2)c2ccccc2)cc1F. The fourth-order valence-electron chi connectivity index (χ4n) is 3.13. The molecule has 150 valence electrons. The summed E-state index contributed by atoms with van der Waals surface area (Å²) in [5.41, 5.74) is 2.51. The van der Waals surface area contributed by atoms with Gasteiger partial charge < -0.3 is 14.8 Å². The van der Waals surface area contributed by atoms with E-state index >= 15 is 0 Å². The number of carbonyl (C=O) groups is 1. The van der Waals surface area contributed by atoms with Crippen molar-refractivity contribution in [2.45, 2.75) is 12.3 Å². The molecule has 0 aliphatic heterocycles. The number of hydrogen-bond donors (Lipinski definition) is 1. The van der Waals surface area contributed by atoms with Crippen molar-refractivity contribution in [3.8, 4) is 5.75 Å². The molecule has 0 unspecified atom stereocenters. The third kappa shape index (κ3) is 5.90. The van der Waals surface area contributed by atoms with Crippen molar-refractivity contribution in [1.82, 2.24) is 0 Å². The third-order valence-corrected chi connectivity index (χ3v) is 4.55. The van der Waals surface area contributed by atoms with Crippen LogP contribution < -0.4 is 10.1 Å². The van der Waals surface area contributed by atoms with Gasteiger partial charge in [-0.1, -0.05) is 60.7 Å². The molecular weight excluding hydrogens is 369 g/mol. The van der Waals surface area contributed by atoms with E-state index in [1.807, 2.05) is 60.7 Å². The summed E-state index contributed by atoms with van der Waals surface area (Å²) in [6, 6.07) is 24.2. The average molecular weight is 393 g/mol. The van der Waals surface area contributed by atoms with Crippen LogP contribution in [0.2, 0.25) is 0 Å². The van der Waals surface area contributed by atoms with Crippen LogP contribution in [0, 0.1) is 5.82 Å². The molecular formula is C24H24FNO3. The Bertz CT molecular complexity index is 876. The van der Waals surface area contributed by atoms with E-state index in [0.717, 1.165) is 11.1 Å². The van der Waals surface area contributed by atoms with Gasteiger partial charge in [-0.2, -0.15) is 0 Å². The number of ether oxygens (including phenoxy) is 2. The number of hydrogen-bond acceptors (Lipinski definition) is 3. The van der Waals surface area contributed by atoms with Crippen LogP contribution >= 0.6 is 0 Å². The van der Waals surface area contributed by atoms with Gasteiger partial charge in [0.15, 0.2) is 11.6 Å². The first-order chi connectivity index (χ1) is 14.2. The standard InChI is InChI=1S/C24H24FNO3/c1-28-14-15-29-23-13-12-20(16-22(23)25)26-24(27)17-21(18-8-4-2-5-9-18)19-10-6-3-7-11-19/h2-13,16,21H,14-15,17H2,1H3,(H,26,27). The highest BCUT2D eigenvalue weighted by Crippen LogP contribution is 2.29. The minimum atomic E-state index is -0.526. The molecule has 0 heterocycles. The van der Waals surface area contributed by atoms with Gasteiger partial charge in [0.05, 0.1) is 6.61 Å².